The zero-order chi connectivity index (χ0) is 20.9. The molecule has 0 spiro atoms. The molecule has 2 fully saturated rings. The molecule has 2 saturated heterocycles. The molecule has 2 aliphatic heterocycles. The van der Waals surface area contributed by atoms with E-state index >= 15 is 0 Å². The maximum absolute atomic E-state index is 13.1. The van der Waals surface area contributed by atoms with E-state index in [1.54, 1.807) is 12.0 Å². The number of para-hydroxylation sites is 2. The Balaban J connectivity index is 1.30. The van der Waals surface area contributed by atoms with Crippen LogP contribution in [-0.4, -0.2) is 68.0 Å². The molecular formula is C24H29N3O3. The summed E-state index contributed by atoms with van der Waals surface area (Å²) in [7, 11) is 1.60. The third-order valence-corrected chi connectivity index (χ3v) is 6.09. The van der Waals surface area contributed by atoms with E-state index in [4.69, 9.17) is 4.74 Å². The van der Waals surface area contributed by atoms with Crippen molar-refractivity contribution in [3.8, 4) is 5.75 Å². The minimum absolute atomic E-state index is 0.0145. The van der Waals surface area contributed by atoms with Crippen LogP contribution in [0.15, 0.2) is 54.6 Å². The van der Waals surface area contributed by atoms with Crippen LogP contribution in [0.4, 0.5) is 5.69 Å². The van der Waals surface area contributed by atoms with Gasteiger partial charge in [-0.2, -0.15) is 0 Å². The van der Waals surface area contributed by atoms with Gasteiger partial charge in [0.25, 0.3) is 0 Å². The van der Waals surface area contributed by atoms with Gasteiger partial charge in [0, 0.05) is 45.7 Å². The Bertz CT molecular complexity index is 878. The van der Waals surface area contributed by atoms with Crippen LogP contribution in [0.3, 0.4) is 0 Å². The van der Waals surface area contributed by atoms with Crippen LogP contribution in [0, 0.1) is 5.92 Å². The number of methoxy groups -OCH3 is 1. The van der Waals surface area contributed by atoms with Crippen molar-refractivity contribution in [1.82, 2.24) is 9.80 Å². The van der Waals surface area contributed by atoms with Crippen LogP contribution < -0.4 is 9.64 Å². The van der Waals surface area contributed by atoms with Crippen molar-refractivity contribution in [2.24, 2.45) is 5.92 Å². The third kappa shape index (κ3) is 4.49. The second-order valence-corrected chi connectivity index (χ2v) is 7.98. The number of piperazine rings is 1. The van der Waals surface area contributed by atoms with Gasteiger partial charge in [-0.15, -0.1) is 0 Å². The highest BCUT2D eigenvalue weighted by Gasteiger charge is 2.38. The molecule has 4 rings (SSSR count). The summed E-state index contributed by atoms with van der Waals surface area (Å²) >= 11 is 0. The van der Waals surface area contributed by atoms with E-state index < -0.39 is 0 Å². The van der Waals surface area contributed by atoms with E-state index in [1.807, 2.05) is 35.2 Å². The van der Waals surface area contributed by atoms with Crippen LogP contribution in [-0.2, 0) is 16.0 Å². The molecule has 2 heterocycles. The highest BCUT2D eigenvalue weighted by Crippen LogP contribution is 2.33. The molecule has 6 nitrogen and oxygen atoms in total. The van der Waals surface area contributed by atoms with Gasteiger partial charge in [-0.05, 0) is 24.1 Å². The van der Waals surface area contributed by atoms with Crippen LogP contribution in [0.1, 0.15) is 12.0 Å². The number of rotatable bonds is 6. The van der Waals surface area contributed by atoms with E-state index in [0.717, 1.165) is 44.8 Å². The van der Waals surface area contributed by atoms with Crippen molar-refractivity contribution in [2.75, 3.05) is 51.3 Å². The molecule has 2 amide bonds. The second-order valence-electron chi connectivity index (χ2n) is 7.98. The molecule has 2 aromatic rings. The number of hydrogen-bond acceptors (Lipinski definition) is 4. The number of amides is 2. The number of carbonyl (C=O) groups is 2. The quantitative estimate of drug-likeness (QED) is 0.738. The van der Waals surface area contributed by atoms with Crippen molar-refractivity contribution in [3.63, 3.8) is 0 Å². The summed E-state index contributed by atoms with van der Waals surface area (Å²) in [6.45, 7) is 4.66. The number of anilines is 1. The van der Waals surface area contributed by atoms with Crippen LogP contribution in [0.25, 0.3) is 0 Å². The summed E-state index contributed by atoms with van der Waals surface area (Å²) < 4.78 is 5.39. The van der Waals surface area contributed by atoms with Gasteiger partial charge in [-0.3, -0.25) is 14.5 Å². The predicted molar refractivity (Wildman–Crippen MR) is 117 cm³/mol. The number of benzene rings is 2. The van der Waals surface area contributed by atoms with Gasteiger partial charge in [-0.25, -0.2) is 0 Å². The smallest absolute Gasteiger partial charge is 0.228 e. The molecule has 1 unspecified atom stereocenters. The van der Waals surface area contributed by atoms with Gasteiger partial charge < -0.3 is 14.5 Å². The van der Waals surface area contributed by atoms with Crippen LogP contribution in [0.2, 0.25) is 0 Å². The summed E-state index contributed by atoms with van der Waals surface area (Å²) in [5.74, 6) is 0.465. The normalized spacial score (nSPS) is 19.9. The average Bonchev–Trinajstić information content (AvgIpc) is 3.19. The van der Waals surface area contributed by atoms with E-state index in [-0.39, 0.29) is 24.2 Å². The first-order valence-corrected chi connectivity index (χ1v) is 10.6. The monoisotopic (exact) mass is 407 g/mol. The first-order valence-electron chi connectivity index (χ1n) is 10.6. The fourth-order valence-electron chi connectivity index (χ4n) is 4.34. The molecule has 0 aromatic heterocycles. The van der Waals surface area contributed by atoms with Crippen molar-refractivity contribution in [2.45, 2.75) is 12.8 Å². The maximum Gasteiger partial charge on any atom is 0.228 e. The summed E-state index contributed by atoms with van der Waals surface area (Å²) in [6, 6.07) is 18.0. The van der Waals surface area contributed by atoms with Crippen molar-refractivity contribution in [3.05, 3.63) is 60.2 Å². The molecule has 0 saturated carbocycles. The summed E-state index contributed by atoms with van der Waals surface area (Å²) in [6.07, 6.45) is 1.30. The molecule has 0 aliphatic carbocycles. The van der Waals surface area contributed by atoms with Gasteiger partial charge in [-0.1, -0.05) is 42.5 Å². The van der Waals surface area contributed by atoms with E-state index in [2.05, 4.69) is 29.2 Å². The fraction of sp³-hybridized carbons (Fsp3) is 0.417. The Morgan fingerprint density at radius 1 is 1.00 bits per heavy atom. The van der Waals surface area contributed by atoms with Gasteiger partial charge in [0.15, 0.2) is 0 Å². The Labute approximate surface area is 178 Å². The number of ether oxygens (including phenoxy) is 1. The Morgan fingerprint density at radius 2 is 1.70 bits per heavy atom. The molecule has 30 heavy (non-hydrogen) atoms. The largest absolute Gasteiger partial charge is 0.495 e. The zero-order valence-electron chi connectivity index (χ0n) is 17.5. The highest BCUT2D eigenvalue weighted by molar-refractivity contribution is 6.01. The minimum Gasteiger partial charge on any atom is -0.495 e. The van der Waals surface area contributed by atoms with Crippen molar-refractivity contribution in [1.29, 1.82) is 0 Å². The Morgan fingerprint density at radius 3 is 2.43 bits per heavy atom. The fourth-order valence-corrected chi connectivity index (χ4v) is 4.34. The Kier molecular flexibility index (Phi) is 6.33. The van der Waals surface area contributed by atoms with E-state index in [9.17, 15) is 9.59 Å². The summed E-state index contributed by atoms with van der Waals surface area (Å²) in [4.78, 5) is 31.7. The van der Waals surface area contributed by atoms with Crippen molar-refractivity contribution >= 4 is 17.5 Å². The van der Waals surface area contributed by atoms with Gasteiger partial charge >= 0.3 is 0 Å². The van der Waals surface area contributed by atoms with Crippen molar-refractivity contribution < 1.29 is 14.3 Å². The van der Waals surface area contributed by atoms with Gasteiger partial charge in [0.2, 0.25) is 11.8 Å². The lowest BCUT2D eigenvalue weighted by Crippen LogP contribution is -2.51. The SMILES string of the molecule is COc1ccccc1N1CC(C(=O)N2CCN(CCc3ccccc3)CC2)CC1=O. The summed E-state index contributed by atoms with van der Waals surface area (Å²) in [5.41, 5.74) is 2.09. The molecule has 6 heteroatoms. The minimum atomic E-state index is -0.279. The van der Waals surface area contributed by atoms with Crippen LogP contribution in [0.5, 0.6) is 5.75 Å². The molecular weight excluding hydrogens is 378 g/mol. The molecule has 0 N–H and O–H groups in total. The topological polar surface area (TPSA) is 53.1 Å². The lowest BCUT2D eigenvalue weighted by atomic mass is 10.1. The Hall–Kier alpha value is -2.86. The number of carbonyl (C=O) groups excluding carboxylic acids is 2. The molecule has 1 atom stereocenters. The van der Waals surface area contributed by atoms with E-state index in [1.165, 1.54) is 5.56 Å². The first kappa shape index (κ1) is 20.4. The molecule has 0 bridgehead atoms. The number of hydrogen-bond donors (Lipinski definition) is 0. The number of nitrogens with zero attached hydrogens (tertiary/aromatic N) is 3. The maximum atomic E-state index is 13.1. The zero-order valence-corrected chi connectivity index (χ0v) is 17.5. The lowest BCUT2D eigenvalue weighted by molar-refractivity contribution is -0.137. The summed E-state index contributed by atoms with van der Waals surface area (Å²) in [5, 5.41) is 0. The average molecular weight is 408 g/mol. The van der Waals surface area contributed by atoms with Gasteiger partial charge in [0.1, 0.15) is 5.75 Å². The van der Waals surface area contributed by atoms with E-state index in [0.29, 0.717) is 12.3 Å². The highest BCUT2D eigenvalue weighted by atomic mass is 16.5. The third-order valence-electron chi connectivity index (χ3n) is 6.09. The molecule has 0 radical (unpaired) electrons. The van der Waals surface area contributed by atoms with Gasteiger partial charge in [0.05, 0.1) is 18.7 Å². The lowest BCUT2D eigenvalue weighted by Gasteiger charge is -2.36. The second kappa shape index (κ2) is 9.30. The molecule has 158 valence electrons. The molecule has 2 aliphatic rings. The van der Waals surface area contributed by atoms with Crippen LogP contribution >= 0.6 is 0 Å². The predicted octanol–water partition coefficient (Wildman–Crippen LogP) is 2.44. The first-order chi connectivity index (χ1) is 14.7. The standard InChI is InChI=1S/C24H29N3O3/c1-30-22-10-6-5-9-21(22)27-18-20(17-23(27)28)24(29)26-15-13-25(14-16-26)12-11-19-7-3-2-4-8-19/h2-10,20H,11-18H2,1H3. The molecule has 2 aromatic carbocycles.